The molecule has 0 aliphatic carbocycles. The van der Waals surface area contributed by atoms with Crippen LogP contribution in [0.2, 0.25) is 5.02 Å². The number of rotatable bonds is 4. The molecular formula is C17H15ClO2S. The van der Waals surface area contributed by atoms with Gasteiger partial charge in [-0.05, 0) is 42.7 Å². The molecule has 4 heteroatoms. The lowest BCUT2D eigenvalue weighted by Gasteiger charge is -2.19. The van der Waals surface area contributed by atoms with Gasteiger partial charge in [-0.3, -0.25) is 4.79 Å². The lowest BCUT2D eigenvalue weighted by molar-refractivity contribution is 0.101. The third-order valence-corrected chi connectivity index (χ3v) is 4.63. The Kier molecular flexibility index (Phi) is 4.51. The number of carbonyl (C=O) groups is 1. The SMILES string of the molecule is O=C(CSc1cccc(Cl)c1)c1cccc2c1OCCC2. The minimum atomic E-state index is 0.0960. The molecule has 2 nitrogen and oxygen atoms in total. The van der Waals surface area contributed by atoms with E-state index in [1.165, 1.54) is 11.8 Å². The average Bonchev–Trinajstić information content (AvgIpc) is 2.52. The van der Waals surface area contributed by atoms with Crippen molar-refractivity contribution in [2.45, 2.75) is 17.7 Å². The normalized spacial score (nSPS) is 13.4. The summed E-state index contributed by atoms with van der Waals surface area (Å²) in [4.78, 5) is 13.4. The van der Waals surface area contributed by atoms with Crippen molar-refractivity contribution in [3.05, 3.63) is 58.6 Å². The van der Waals surface area contributed by atoms with Crippen LogP contribution < -0.4 is 4.74 Å². The minimum absolute atomic E-state index is 0.0960. The largest absolute Gasteiger partial charge is 0.493 e. The van der Waals surface area contributed by atoms with Crippen molar-refractivity contribution < 1.29 is 9.53 Å². The van der Waals surface area contributed by atoms with Gasteiger partial charge in [-0.25, -0.2) is 0 Å². The summed E-state index contributed by atoms with van der Waals surface area (Å²) in [6.45, 7) is 0.693. The van der Waals surface area contributed by atoms with E-state index in [0.29, 0.717) is 22.9 Å². The lowest BCUT2D eigenvalue weighted by Crippen LogP contribution is -2.13. The van der Waals surface area contributed by atoms with Crippen LogP contribution in [0.25, 0.3) is 0 Å². The molecule has 3 rings (SSSR count). The Morgan fingerprint density at radius 3 is 2.95 bits per heavy atom. The maximum atomic E-state index is 12.4. The van der Waals surface area contributed by atoms with Crippen LogP contribution in [0.1, 0.15) is 22.3 Å². The molecule has 0 aromatic heterocycles. The fourth-order valence-electron chi connectivity index (χ4n) is 2.39. The molecule has 0 radical (unpaired) electrons. The van der Waals surface area contributed by atoms with E-state index < -0.39 is 0 Å². The van der Waals surface area contributed by atoms with Crippen LogP contribution in [0.15, 0.2) is 47.4 Å². The van der Waals surface area contributed by atoms with Crippen molar-refractivity contribution in [3.8, 4) is 5.75 Å². The monoisotopic (exact) mass is 318 g/mol. The summed E-state index contributed by atoms with van der Waals surface area (Å²) in [6, 6.07) is 13.4. The number of carbonyl (C=O) groups excluding carboxylic acids is 1. The summed E-state index contributed by atoms with van der Waals surface area (Å²) in [5.41, 5.74) is 1.83. The van der Waals surface area contributed by atoms with Crippen LogP contribution in [0.3, 0.4) is 0 Å². The molecule has 0 amide bonds. The summed E-state index contributed by atoms with van der Waals surface area (Å²) in [7, 11) is 0. The molecule has 0 bridgehead atoms. The second-order valence-electron chi connectivity index (χ2n) is 4.92. The number of halogens is 1. The van der Waals surface area contributed by atoms with Gasteiger partial charge in [0.15, 0.2) is 5.78 Å². The number of Topliss-reactive ketones (excluding diaryl/α,β-unsaturated/α-hetero) is 1. The zero-order chi connectivity index (χ0) is 14.7. The Hall–Kier alpha value is -1.45. The van der Waals surface area contributed by atoms with E-state index in [2.05, 4.69) is 0 Å². The highest BCUT2D eigenvalue weighted by atomic mass is 35.5. The summed E-state index contributed by atoms with van der Waals surface area (Å²) >= 11 is 7.45. The molecule has 0 fully saturated rings. The lowest BCUT2D eigenvalue weighted by atomic mass is 10.0. The molecule has 0 spiro atoms. The zero-order valence-corrected chi connectivity index (χ0v) is 13.0. The van der Waals surface area contributed by atoms with Gasteiger partial charge < -0.3 is 4.74 Å². The number of para-hydroxylation sites is 1. The molecule has 0 atom stereocenters. The summed E-state index contributed by atoms with van der Waals surface area (Å²) in [5.74, 6) is 1.26. The number of fused-ring (bicyclic) bond motifs is 1. The molecule has 21 heavy (non-hydrogen) atoms. The third-order valence-electron chi connectivity index (χ3n) is 3.40. The molecule has 1 aliphatic heterocycles. The standard InChI is InChI=1S/C17H15ClO2S/c18-13-6-2-7-14(10-13)21-11-16(19)15-8-1-4-12-5-3-9-20-17(12)15/h1-2,4,6-8,10H,3,5,9,11H2. The van der Waals surface area contributed by atoms with Gasteiger partial charge in [0.2, 0.25) is 0 Å². The average molecular weight is 319 g/mol. The predicted molar refractivity (Wildman–Crippen MR) is 86.8 cm³/mol. The topological polar surface area (TPSA) is 26.3 Å². The number of hydrogen-bond donors (Lipinski definition) is 0. The van der Waals surface area contributed by atoms with Gasteiger partial charge >= 0.3 is 0 Å². The summed E-state index contributed by atoms with van der Waals surface area (Å²) < 4.78 is 5.70. The van der Waals surface area contributed by atoms with Gasteiger partial charge in [0.05, 0.1) is 17.9 Å². The Labute approximate surface area is 133 Å². The second-order valence-corrected chi connectivity index (χ2v) is 6.40. The molecule has 108 valence electrons. The first-order valence-electron chi connectivity index (χ1n) is 6.90. The van der Waals surface area contributed by atoms with E-state index in [1.54, 1.807) is 0 Å². The van der Waals surface area contributed by atoms with Gasteiger partial charge in [-0.15, -0.1) is 11.8 Å². The van der Waals surface area contributed by atoms with E-state index in [9.17, 15) is 4.79 Å². The van der Waals surface area contributed by atoms with Crippen LogP contribution in [0, 0.1) is 0 Å². The van der Waals surface area contributed by atoms with Gasteiger partial charge in [-0.2, -0.15) is 0 Å². The molecule has 2 aromatic rings. The number of aryl methyl sites for hydroxylation is 1. The van der Waals surface area contributed by atoms with Crippen LogP contribution in [-0.2, 0) is 6.42 Å². The molecule has 0 unspecified atom stereocenters. The third kappa shape index (κ3) is 3.42. The second kappa shape index (κ2) is 6.54. The first-order valence-corrected chi connectivity index (χ1v) is 8.26. The Morgan fingerprint density at radius 1 is 1.24 bits per heavy atom. The van der Waals surface area contributed by atoms with Crippen molar-refractivity contribution in [3.63, 3.8) is 0 Å². The van der Waals surface area contributed by atoms with Crippen molar-refractivity contribution in [1.29, 1.82) is 0 Å². The summed E-state index contributed by atoms with van der Waals surface area (Å²) in [5, 5.41) is 0.688. The first kappa shape index (κ1) is 14.5. The van der Waals surface area contributed by atoms with E-state index in [4.69, 9.17) is 16.3 Å². The molecule has 2 aromatic carbocycles. The molecule has 0 saturated heterocycles. The number of thioether (sulfide) groups is 1. The van der Waals surface area contributed by atoms with E-state index in [-0.39, 0.29) is 5.78 Å². The highest BCUT2D eigenvalue weighted by Gasteiger charge is 2.19. The number of ketones is 1. The van der Waals surface area contributed by atoms with Gasteiger partial charge in [0.1, 0.15) is 5.75 Å². The van der Waals surface area contributed by atoms with Crippen LogP contribution in [-0.4, -0.2) is 18.1 Å². The van der Waals surface area contributed by atoms with E-state index in [0.717, 1.165) is 29.1 Å². The number of benzene rings is 2. The molecule has 0 saturated carbocycles. The van der Waals surface area contributed by atoms with Crippen LogP contribution in [0.4, 0.5) is 0 Å². The van der Waals surface area contributed by atoms with Crippen LogP contribution >= 0.6 is 23.4 Å². The van der Waals surface area contributed by atoms with Crippen molar-refractivity contribution in [2.24, 2.45) is 0 Å². The Balaban J connectivity index is 1.74. The van der Waals surface area contributed by atoms with Gasteiger partial charge in [0, 0.05) is 9.92 Å². The highest BCUT2D eigenvalue weighted by molar-refractivity contribution is 8.00. The Bertz CT molecular complexity index is 670. The smallest absolute Gasteiger partial charge is 0.176 e. The fraction of sp³-hybridized carbons (Fsp3) is 0.235. The van der Waals surface area contributed by atoms with Gasteiger partial charge in [0.25, 0.3) is 0 Å². The van der Waals surface area contributed by atoms with E-state index in [1.807, 2.05) is 42.5 Å². The quantitative estimate of drug-likeness (QED) is 0.607. The Morgan fingerprint density at radius 2 is 2.10 bits per heavy atom. The minimum Gasteiger partial charge on any atom is -0.493 e. The zero-order valence-electron chi connectivity index (χ0n) is 11.5. The number of hydrogen-bond acceptors (Lipinski definition) is 3. The molecular weight excluding hydrogens is 304 g/mol. The molecule has 1 aliphatic rings. The fourth-order valence-corrected chi connectivity index (χ4v) is 3.49. The molecule has 1 heterocycles. The van der Waals surface area contributed by atoms with Crippen molar-refractivity contribution >= 4 is 29.1 Å². The van der Waals surface area contributed by atoms with Crippen molar-refractivity contribution in [1.82, 2.24) is 0 Å². The van der Waals surface area contributed by atoms with Crippen LogP contribution in [0.5, 0.6) is 5.75 Å². The molecule has 0 N–H and O–H groups in total. The first-order chi connectivity index (χ1) is 10.2. The predicted octanol–water partition coefficient (Wildman–Crippen LogP) is 4.64. The van der Waals surface area contributed by atoms with E-state index >= 15 is 0 Å². The van der Waals surface area contributed by atoms with Crippen molar-refractivity contribution in [2.75, 3.05) is 12.4 Å². The maximum Gasteiger partial charge on any atom is 0.176 e. The maximum absolute atomic E-state index is 12.4. The number of ether oxygens (including phenoxy) is 1. The summed E-state index contributed by atoms with van der Waals surface area (Å²) in [6.07, 6.45) is 2.00. The highest BCUT2D eigenvalue weighted by Crippen LogP contribution is 2.30. The van der Waals surface area contributed by atoms with Gasteiger partial charge in [-0.1, -0.05) is 29.8 Å².